The van der Waals surface area contributed by atoms with E-state index < -0.39 is 29.4 Å². The minimum Gasteiger partial charge on any atom is -0.443 e. The number of nitrogens with zero attached hydrogens (tertiary/aromatic N) is 4. The Kier molecular flexibility index (Phi) is 7.99. The Morgan fingerprint density at radius 3 is 2.32 bits per heavy atom. The lowest BCUT2D eigenvalue weighted by Crippen LogP contribution is -2.38. The quantitative estimate of drug-likeness (QED) is 0.133. The number of fused-ring (bicyclic) bond motifs is 1. The Morgan fingerprint density at radius 2 is 1.68 bits per heavy atom. The minimum absolute atomic E-state index is 0.0474. The maximum atomic E-state index is 15.9. The molecule has 0 unspecified atom stereocenters. The van der Waals surface area contributed by atoms with Crippen LogP contribution in [0.25, 0.3) is 27.9 Å². The van der Waals surface area contributed by atoms with E-state index in [1.54, 1.807) is 45.2 Å². The first-order chi connectivity index (χ1) is 22.3. The standard InChI is InChI=1S/C37H34F2N4O4/c1-22-9-10-24(29(44)21-37(15-16-37)30-8-6-7-17-40-30)18-27(22)25-19-28-32(34(45)42(5)35(46)47-36(2,3)4)33(41-43(28)31(39)20-25)23-11-13-26(38)14-12-23/h6-14,17-20H,15-16,21H2,1-5H3. The highest BCUT2D eigenvalue weighted by molar-refractivity contribution is 6.11. The number of hydrogen-bond acceptors (Lipinski definition) is 6. The summed E-state index contributed by atoms with van der Waals surface area (Å²) in [5.41, 5.74) is 2.46. The zero-order valence-corrected chi connectivity index (χ0v) is 26.8. The summed E-state index contributed by atoms with van der Waals surface area (Å²) >= 11 is 0. The molecule has 0 saturated heterocycles. The van der Waals surface area contributed by atoms with Gasteiger partial charge in [0, 0.05) is 48.0 Å². The Morgan fingerprint density at radius 1 is 0.957 bits per heavy atom. The average Bonchev–Trinajstić information content (AvgIpc) is 3.71. The third-order valence-electron chi connectivity index (χ3n) is 8.43. The smallest absolute Gasteiger partial charge is 0.417 e. The Bertz CT molecular complexity index is 2030. The van der Waals surface area contributed by atoms with Crippen molar-refractivity contribution in [3.63, 3.8) is 0 Å². The first kappa shape index (κ1) is 31.7. The molecule has 3 aromatic heterocycles. The molecule has 5 aromatic rings. The number of rotatable bonds is 7. The highest BCUT2D eigenvalue weighted by Crippen LogP contribution is 2.50. The molecular weight excluding hydrogens is 602 g/mol. The number of amides is 2. The molecule has 6 rings (SSSR count). The summed E-state index contributed by atoms with van der Waals surface area (Å²) in [4.78, 5) is 45.7. The second-order valence-electron chi connectivity index (χ2n) is 13.1. The average molecular weight is 637 g/mol. The van der Waals surface area contributed by atoms with E-state index in [9.17, 15) is 18.8 Å². The largest absolute Gasteiger partial charge is 0.443 e. The lowest BCUT2D eigenvalue weighted by Gasteiger charge is -2.23. The zero-order chi connectivity index (χ0) is 33.7. The van der Waals surface area contributed by atoms with Gasteiger partial charge < -0.3 is 4.74 Å². The normalized spacial score (nSPS) is 13.8. The Balaban J connectivity index is 1.44. The van der Waals surface area contributed by atoms with Crippen LogP contribution in [0, 0.1) is 18.7 Å². The van der Waals surface area contributed by atoms with E-state index in [4.69, 9.17) is 4.74 Å². The summed E-state index contributed by atoms with van der Waals surface area (Å²) in [7, 11) is 1.27. The molecular formula is C37H34F2N4O4. The van der Waals surface area contributed by atoms with E-state index in [1.807, 2.05) is 31.2 Å². The van der Waals surface area contributed by atoms with Gasteiger partial charge in [0.1, 0.15) is 17.1 Å². The number of imide groups is 1. The number of ether oxygens (including phenoxy) is 1. The van der Waals surface area contributed by atoms with Crippen molar-refractivity contribution in [3.05, 3.63) is 113 Å². The molecule has 0 spiro atoms. The van der Waals surface area contributed by atoms with Gasteiger partial charge in [-0.15, -0.1) is 0 Å². The van der Waals surface area contributed by atoms with Gasteiger partial charge in [0.05, 0.1) is 11.1 Å². The van der Waals surface area contributed by atoms with Crippen LogP contribution in [-0.2, 0) is 10.2 Å². The number of pyridine rings is 2. The second kappa shape index (κ2) is 11.8. The first-order valence-corrected chi connectivity index (χ1v) is 15.3. The van der Waals surface area contributed by atoms with Crippen molar-refractivity contribution in [1.29, 1.82) is 0 Å². The predicted molar refractivity (Wildman–Crippen MR) is 173 cm³/mol. The van der Waals surface area contributed by atoms with Crippen LogP contribution < -0.4 is 0 Å². The fraction of sp³-hybridized carbons (Fsp3) is 0.270. The third kappa shape index (κ3) is 6.27. The number of halogens is 2. The van der Waals surface area contributed by atoms with Crippen LogP contribution in [-0.4, -0.2) is 49.9 Å². The van der Waals surface area contributed by atoms with Crippen molar-refractivity contribution >= 4 is 23.3 Å². The number of carbonyl (C=O) groups excluding carboxylic acids is 3. The number of benzene rings is 2. The predicted octanol–water partition coefficient (Wildman–Crippen LogP) is 7.96. The Labute approximate surface area is 271 Å². The summed E-state index contributed by atoms with van der Waals surface area (Å²) in [5, 5.41) is 4.39. The SMILES string of the molecule is Cc1ccc(C(=O)CC2(c3ccccn3)CC2)cc1-c1cc(F)n2nc(-c3ccc(F)cc3)c(C(=O)N(C)C(=O)OC(C)(C)C)c2c1. The lowest BCUT2D eigenvalue weighted by molar-refractivity contribution is 0.0285. The van der Waals surface area contributed by atoms with Gasteiger partial charge in [-0.25, -0.2) is 18.6 Å². The molecule has 10 heteroatoms. The van der Waals surface area contributed by atoms with Crippen LogP contribution in [0.3, 0.4) is 0 Å². The molecule has 1 aliphatic rings. The van der Waals surface area contributed by atoms with Gasteiger partial charge >= 0.3 is 6.09 Å². The molecule has 1 saturated carbocycles. The fourth-order valence-electron chi connectivity index (χ4n) is 5.73. The number of aryl methyl sites for hydroxylation is 1. The van der Waals surface area contributed by atoms with Crippen LogP contribution in [0.2, 0.25) is 0 Å². The van der Waals surface area contributed by atoms with Crippen LogP contribution in [0.4, 0.5) is 13.6 Å². The number of ketones is 1. The summed E-state index contributed by atoms with van der Waals surface area (Å²) < 4.78 is 36.1. The zero-order valence-electron chi connectivity index (χ0n) is 26.8. The molecule has 0 N–H and O–H groups in total. The van der Waals surface area contributed by atoms with E-state index in [2.05, 4.69) is 10.1 Å². The summed E-state index contributed by atoms with van der Waals surface area (Å²) in [5.74, 6) is -2.10. The van der Waals surface area contributed by atoms with E-state index in [0.717, 1.165) is 33.5 Å². The van der Waals surface area contributed by atoms with Crippen LogP contribution in [0.1, 0.15) is 72.0 Å². The monoisotopic (exact) mass is 636 g/mol. The van der Waals surface area contributed by atoms with Gasteiger partial charge in [-0.1, -0.05) is 18.2 Å². The van der Waals surface area contributed by atoms with Crippen LogP contribution in [0.15, 0.2) is 79.0 Å². The van der Waals surface area contributed by atoms with Gasteiger partial charge in [-0.05, 0) is 106 Å². The number of aromatic nitrogens is 3. The van der Waals surface area contributed by atoms with Gasteiger partial charge in [0.2, 0.25) is 5.95 Å². The molecule has 240 valence electrons. The number of carbonyl (C=O) groups is 3. The molecule has 0 atom stereocenters. The minimum atomic E-state index is -0.898. The summed E-state index contributed by atoms with van der Waals surface area (Å²) in [6.07, 6.45) is 2.89. The third-order valence-corrected chi connectivity index (χ3v) is 8.43. The van der Waals surface area contributed by atoms with E-state index in [-0.39, 0.29) is 28.0 Å². The highest BCUT2D eigenvalue weighted by atomic mass is 19.1. The maximum absolute atomic E-state index is 15.9. The number of hydrogen-bond donors (Lipinski definition) is 0. The lowest BCUT2D eigenvalue weighted by atomic mass is 9.90. The molecule has 47 heavy (non-hydrogen) atoms. The summed E-state index contributed by atoms with van der Waals surface area (Å²) in [6.45, 7) is 6.88. The molecule has 1 aliphatic carbocycles. The Hall–Kier alpha value is -5.25. The molecule has 3 heterocycles. The molecule has 0 radical (unpaired) electrons. The number of Topliss-reactive ketones (excluding diaryl/α,β-unsaturated/α-hetero) is 1. The summed E-state index contributed by atoms with van der Waals surface area (Å²) in [6, 6.07) is 19.2. The fourth-order valence-corrected chi connectivity index (χ4v) is 5.73. The van der Waals surface area contributed by atoms with Crippen LogP contribution in [0.5, 0.6) is 0 Å². The van der Waals surface area contributed by atoms with Crippen molar-refractivity contribution in [2.45, 2.75) is 58.0 Å². The molecule has 0 bridgehead atoms. The van der Waals surface area contributed by atoms with Crippen molar-refractivity contribution in [1.82, 2.24) is 19.5 Å². The van der Waals surface area contributed by atoms with Crippen molar-refractivity contribution in [2.75, 3.05) is 7.05 Å². The molecule has 0 aliphatic heterocycles. The van der Waals surface area contributed by atoms with E-state index >= 15 is 4.39 Å². The van der Waals surface area contributed by atoms with Gasteiger partial charge in [0.25, 0.3) is 5.91 Å². The first-order valence-electron chi connectivity index (χ1n) is 15.3. The molecule has 2 aromatic carbocycles. The van der Waals surface area contributed by atoms with Crippen LogP contribution >= 0.6 is 0 Å². The molecule has 8 nitrogen and oxygen atoms in total. The van der Waals surface area contributed by atoms with E-state index in [1.165, 1.54) is 37.4 Å². The topological polar surface area (TPSA) is 93.9 Å². The van der Waals surface area contributed by atoms with Crippen molar-refractivity contribution in [3.8, 4) is 22.4 Å². The van der Waals surface area contributed by atoms with Crippen molar-refractivity contribution in [2.24, 2.45) is 0 Å². The van der Waals surface area contributed by atoms with Crippen molar-refractivity contribution < 1.29 is 27.9 Å². The van der Waals surface area contributed by atoms with Gasteiger partial charge in [-0.2, -0.15) is 9.49 Å². The molecule has 1 fully saturated rings. The highest BCUT2D eigenvalue weighted by Gasteiger charge is 2.47. The molecule has 2 amide bonds. The van der Waals surface area contributed by atoms with E-state index in [0.29, 0.717) is 28.7 Å². The van der Waals surface area contributed by atoms with Gasteiger partial charge in [-0.3, -0.25) is 14.6 Å². The van der Waals surface area contributed by atoms with Gasteiger partial charge in [0.15, 0.2) is 5.78 Å². The second-order valence-corrected chi connectivity index (χ2v) is 13.1. The maximum Gasteiger partial charge on any atom is 0.417 e.